The molecular formula is C16H18BN2S. The number of hydrogen-bond acceptors (Lipinski definition) is 3. The van der Waals surface area contributed by atoms with Crippen molar-refractivity contribution in [3.05, 3.63) is 45.3 Å². The van der Waals surface area contributed by atoms with Crippen molar-refractivity contribution in [1.29, 1.82) is 0 Å². The summed E-state index contributed by atoms with van der Waals surface area (Å²) in [6, 6.07) is 6.41. The van der Waals surface area contributed by atoms with Crippen molar-refractivity contribution >= 4 is 35.3 Å². The van der Waals surface area contributed by atoms with Crippen molar-refractivity contribution in [3.8, 4) is 0 Å². The second-order valence-electron chi connectivity index (χ2n) is 5.15. The van der Waals surface area contributed by atoms with E-state index in [-0.39, 0.29) is 0 Å². The first-order valence-electron chi connectivity index (χ1n) is 7.01. The Labute approximate surface area is 125 Å². The van der Waals surface area contributed by atoms with Gasteiger partial charge >= 0.3 is 0 Å². The van der Waals surface area contributed by atoms with Crippen LogP contribution in [0.4, 0.5) is 5.69 Å². The van der Waals surface area contributed by atoms with E-state index < -0.39 is 0 Å². The van der Waals surface area contributed by atoms with Gasteiger partial charge in [-0.3, -0.25) is 4.98 Å². The minimum absolute atomic E-state index is 0.877. The maximum Gasteiger partial charge on any atom is 0.191 e. The van der Waals surface area contributed by atoms with Gasteiger partial charge in [0.15, 0.2) is 7.28 Å². The lowest BCUT2D eigenvalue weighted by molar-refractivity contribution is 1.14. The molecule has 2 aromatic heterocycles. The Morgan fingerprint density at radius 1 is 1.35 bits per heavy atom. The van der Waals surface area contributed by atoms with E-state index in [2.05, 4.69) is 56.9 Å². The van der Waals surface area contributed by atoms with Crippen LogP contribution in [0.5, 0.6) is 0 Å². The highest BCUT2D eigenvalue weighted by atomic mass is 32.1. The Bertz CT molecular complexity index is 659. The zero-order chi connectivity index (χ0) is 14.1. The van der Waals surface area contributed by atoms with Crippen molar-refractivity contribution in [2.75, 3.05) is 5.32 Å². The van der Waals surface area contributed by atoms with Crippen LogP contribution in [-0.4, -0.2) is 12.3 Å². The summed E-state index contributed by atoms with van der Waals surface area (Å²) < 4.78 is 0. The van der Waals surface area contributed by atoms with Gasteiger partial charge in [0.05, 0.1) is 5.69 Å². The van der Waals surface area contributed by atoms with Crippen molar-refractivity contribution in [1.82, 2.24) is 4.98 Å². The van der Waals surface area contributed by atoms with E-state index in [1.807, 2.05) is 0 Å². The molecule has 3 rings (SSSR count). The second-order valence-corrected chi connectivity index (χ2v) is 6.19. The van der Waals surface area contributed by atoms with Crippen LogP contribution in [0.25, 0.3) is 5.57 Å². The van der Waals surface area contributed by atoms with Crippen LogP contribution in [-0.2, 0) is 6.54 Å². The van der Waals surface area contributed by atoms with Crippen LogP contribution < -0.4 is 10.8 Å². The molecule has 1 aliphatic rings. The molecule has 1 radical (unpaired) electrons. The largest absolute Gasteiger partial charge is 0.380 e. The number of aromatic nitrogens is 1. The van der Waals surface area contributed by atoms with Crippen molar-refractivity contribution in [2.24, 2.45) is 0 Å². The Kier molecular flexibility index (Phi) is 3.66. The summed E-state index contributed by atoms with van der Waals surface area (Å²) in [5.41, 5.74) is 7.39. The summed E-state index contributed by atoms with van der Waals surface area (Å²) in [5.74, 6) is 0. The minimum atomic E-state index is 0.877. The van der Waals surface area contributed by atoms with Crippen LogP contribution in [0.3, 0.4) is 0 Å². The van der Waals surface area contributed by atoms with E-state index in [1.54, 1.807) is 11.3 Å². The zero-order valence-electron chi connectivity index (χ0n) is 12.2. The van der Waals surface area contributed by atoms with Crippen molar-refractivity contribution in [2.45, 2.75) is 33.7 Å². The van der Waals surface area contributed by atoms with Gasteiger partial charge in [-0.25, -0.2) is 0 Å². The van der Waals surface area contributed by atoms with Crippen LogP contribution in [0.2, 0.25) is 0 Å². The second kappa shape index (κ2) is 5.45. The van der Waals surface area contributed by atoms with E-state index >= 15 is 0 Å². The Balaban J connectivity index is 1.89. The molecule has 3 heterocycles. The van der Waals surface area contributed by atoms with Gasteiger partial charge in [-0.15, -0.1) is 11.3 Å². The summed E-state index contributed by atoms with van der Waals surface area (Å²) >= 11 is 1.79. The van der Waals surface area contributed by atoms with E-state index in [9.17, 15) is 0 Å². The van der Waals surface area contributed by atoms with Gasteiger partial charge in [-0.1, -0.05) is 18.5 Å². The highest BCUT2D eigenvalue weighted by molar-refractivity contribution is 7.09. The standard InChI is InChI=1S/C16H18BN2S/c1-4-13-11(3)16-15(17-13)14(8-10(2)19-16)18-9-12-6-5-7-20-12/h5-8H,4,9H2,1-3H3,(H,18,19). The van der Waals surface area contributed by atoms with Crippen molar-refractivity contribution in [3.63, 3.8) is 0 Å². The molecule has 0 amide bonds. The van der Waals surface area contributed by atoms with E-state index in [0.717, 1.165) is 24.4 Å². The predicted molar refractivity (Wildman–Crippen MR) is 88.9 cm³/mol. The highest BCUT2D eigenvalue weighted by Crippen LogP contribution is 2.26. The van der Waals surface area contributed by atoms with Crippen molar-refractivity contribution < 1.29 is 0 Å². The van der Waals surface area contributed by atoms with Crippen LogP contribution in [0, 0.1) is 6.92 Å². The number of nitrogens with zero attached hydrogens (tertiary/aromatic N) is 1. The van der Waals surface area contributed by atoms with Gasteiger partial charge in [0.1, 0.15) is 0 Å². The summed E-state index contributed by atoms with van der Waals surface area (Å²) in [4.78, 5) is 6.07. The van der Waals surface area contributed by atoms with E-state index in [0.29, 0.717) is 0 Å². The number of allylic oxidation sites excluding steroid dienone is 2. The molecule has 2 aromatic rings. The Hall–Kier alpha value is -1.55. The first kappa shape index (κ1) is 13.4. The molecule has 4 heteroatoms. The maximum absolute atomic E-state index is 4.71. The normalized spacial score (nSPS) is 13.3. The molecule has 0 atom stereocenters. The molecular weight excluding hydrogens is 263 g/mol. The first-order chi connectivity index (χ1) is 9.69. The molecule has 0 aliphatic carbocycles. The van der Waals surface area contributed by atoms with Crippen LogP contribution in [0.15, 0.2) is 29.1 Å². The fourth-order valence-corrected chi connectivity index (χ4v) is 3.30. The molecule has 20 heavy (non-hydrogen) atoms. The van der Waals surface area contributed by atoms with E-state index in [1.165, 1.54) is 27.1 Å². The number of nitrogens with one attached hydrogen (secondary N) is 1. The van der Waals surface area contributed by atoms with Crippen LogP contribution >= 0.6 is 11.3 Å². The fraction of sp³-hybridized carbons (Fsp3) is 0.312. The lowest BCUT2D eigenvalue weighted by Crippen LogP contribution is -2.21. The molecule has 0 fully saturated rings. The number of aryl methyl sites for hydroxylation is 1. The SMILES string of the molecule is CCC1=C(C)c2nc(C)cc(NCc3cccs3)c2[B]1. The fourth-order valence-electron chi connectivity index (χ4n) is 2.66. The molecule has 0 saturated carbocycles. The third-order valence-corrected chi connectivity index (χ3v) is 4.63. The molecule has 0 saturated heterocycles. The topological polar surface area (TPSA) is 24.9 Å². The first-order valence-corrected chi connectivity index (χ1v) is 7.89. The Morgan fingerprint density at radius 2 is 2.20 bits per heavy atom. The lowest BCUT2D eigenvalue weighted by Gasteiger charge is -2.12. The molecule has 1 N–H and O–H groups in total. The number of rotatable bonds is 4. The molecule has 0 bridgehead atoms. The molecule has 0 spiro atoms. The predicted octanol–water partition coefficient (Wildman–Crippen LogP) is 3.55. The molecule has 1 aliphatic heterocycles. The monoisotopic (exact) mass is 281 g/mol. The summed E-state index contributed by atoms with van der Waals surface area (Å²) in [7, 11) is 2.29. The summed E-state index contributed by atoms with van der Waals surface area (Å²) in [5, 5.41) is 5.68. The van der Waals surface area contributed by atoms with Crippen LogP contribution in [0.1, 0.15) is 36.5 Å². The maximum atomic E-state index is 4.71. The van der Waals surface area contributed by atoms with Gasteiger partial charge in [-0.2, -0.15) is 0 Å². The quantitative estimate of drug-likeness (QED) is 0.867. The number of thiophene rings is 1. The molecule has 0 aromatic carbocycles. The molecule has 101 valence electrons. The van der Waals surface area contributed by atoms with Gasteiger partial charge in [0.25, 0.3) is 0 Å². The van der Waals surface area contributed by atoms with Gasteiger partial charge < -0.3 is 5.32 Å². The average Bonchev–Trinajstić information content (AvgIpc) is 3.05. The van der Waals surface area contributed by atoms with E-state index in [4.69, 9.17) is 4.98 Å². The number of fused-ring (bicyclic) bond motifs is 1. The zero-order valence-corrected chi connectivity index (χ0v) is 13.0. The van der Waals surface area contributed by atoms with Gasteiger partial charge in [0, 0.05) is 22.8 Å². The highest BCUT2D eigenvalue weighted by Gasteiger charge is 2.23. The third-order valence-electron chi connectivity index (χ3n) is 3.76. The van der Waals surface area contributed by atoms with Gasteiger partial charge in [-0.05, 0) is 48.8 Å². The lowest BCUT2D eigenvalue weighted by atomic mass is 9.65. The average molecular weight is 281 g/mol. The molecule has 2 nitrogen and oxygen atoms in total. The number of anilines is 1. The number of hydrogen-bond donors (Lipinski definition) is 1. The molecule has 0 unspecified atom stereocenters. The smallest absolute Gasteiger partial charge is 0.191 e. The minimum Gasteiger partial charge on any atom is -0.380 e. The van der Waals surface area contributed by atoms with Gasteiger partial charge in [0.2, 0.25) is 0 Å². The third kappa shape index (κ3) is 2.40. The summed E-state index contributed by atoms with van der Waals surface area (Å²) in [6.45, 7) is 7.32. The summed E-state index contributed by atoms with van der Waals surface area (Å²) in [6.07, 6.45) is 1.06. The number of pyridine rings is 1. The Morgan fingerprint density at radius 3 is 2.90 bits per heavy atom.